The van der Waals surface area contributed by atoms with Gasteiger partial charge in [0.2, 0.25) is 5.76 Å². The highest BCUT2D eigenvalue weighted by molar-refractivity contribution is 5.91. The molecule has 1 heterocycles. The average molecular weight is 214 g/mol. The number of carbonyl (C=O) groups excluding carboxylic acids is 1. The molecule has 0 aliphatic carbocycles. The quantitative estimate of drug-likeness (QED) is 0.625. The van der Waals surface area contributed by atoms with Gasteiger partial charge in [-0.15, -0.1) is 0 Å². The van der Waals surface area contributed by atoms with Crippen molar-refractivity contribution in [3.05, 3.63) is 17.5 Å². The molecule has 1 aromatic rings. The van der Waals surface area contributed by atoms with Crippen LogP contribution in [-0.2, 0) is 0 Å². The molecule has 0 radical (unpaired) electrons. The summed E-state index contributed by atoms with van der Waals surface area (Å²) >= 11 is 0. The lowest BCUT2D eigenvalue weighted by Gasteiger charge is -2.19. The van der Waals surface area contributed by atoms with Gasteiger partial charge in [-0.25, -0.2) is 0 Å². The van der Waals surface area contributed by atoms with E-state index in [-0.39, 0.29) is 12.3 Å². The minimum atomic E-state index is -1.33. The van der Waals surface area contributed by atoms with Gasteiger partial charge in [-0.2, -0.15) is 0 Å². The molecule has 0 saturated carbocycles. The zero-order valence-corrected chi connectivity index (χ0v) is 8.65. The zero-order valence-electron chi connectivity index (χ0n) is 8.65. The molecule has 3 N–H and O–H groups in total. The van der Waals surface area contributed by atoms with Crippen LogP contribution in [-0.4, -0.2) is 40.0 Å². The molecule has 0 bridgehead atoms. The van der Waals surface area contributed by atoms with Crippen LogP contribution in [0.15, 0.2) is 10.6 Å². The third-order valence-corrected chi connectivity index (χ3v) is 1.82. The van der Waals surface area contributed by atoms with E-state index in [9.17, 15) is 9.90 Å². The zero-order chi connectivity index (χ0) is 11.5. The Morgan fingerprint density at radius 2 is 2.40 bits per heavy atom. The molecule has 1 atom stereocenters. The van der Waals surface area contributed by atoms with E-state index in [4.69, 9.17) is 9.63 Å². The predicted octanol–water partition coefficient (Wildman–Crippen LogP) is -0.544. The average Bonchev–Trinajstić information content (AvgIpc) is 2.61. The first-order chi connectivity index (χ1) is 6.94. The predicted molar refractivity (Wildman–Crippen MR) is 51.3 cm³/mol. The molecule has 0 aromatic carbocycles. The molecule has 84 valence electrons. The van der Waals surface area contributed by atoms with Crippen LogP contribution >= 0.6 is 0 Å². The van der Waals surface area contributed by atoms with Crippen molar-refractivity contribution in [3.8, 4) is 0 Å². The second-order valence-electron chi connectivity index (χ2n) is 3.67. The molecule has 0 fully saturated rings. The first-order valence-corrected chi connectivity index (χ1v) is 4.49. The lowest BCUT2D eigenvalue weighted by atomic mass is 10.1. The van der Waals surface area contributed by atoms with Gasteiger partial charge in [0.15, 0.2) is 0 Å². The molecular weight excluding hydrogens is 200 g/mol. The van der Waals surface area contributed by atoms with Crippen molar-refractivity contribution in [2.24, 2.45) is 0 Å². The Morgan fingerprint density at radius 3 is 2.87 bits per heavy atom. The molecule has 6 heteroatoms. The number of carbonyl (C=O) groups is 1. The minimum absolute atomic E-state index is 0.0535. The van der Waals surface area contributed by atoms with Crippen molar-refractivity contribution in [2.45, 2.75) is 19.4 Å². The summed E-state index contributed by atoms with van der Waals surface area (Å²) < 4.78 is 4.72. The molecule has 1 rings (SSSR count). The third kappa shape index (κ3) is 3.34. The highest BCUT2D eigenvalue weighted by atomic mass is 16.5. The summed E-state index contributed by atoms with van der Waals surface area (Å²) in [5.41, 5.74) is -0.723. The number of nitrogens with one attached hydrogen (secondary N) is 1. The van der Waals surface area contributed by atoms with Crippen molar-refractivity contribution in [1.29, 1.82) is 0 Å². The van der Waals surface area contributed by atoms with Gasteiger partial charge < -0.3 is 20.1 Å². The third-order valence-electron chi connectivity index (χ3n) is 1.82. The van der Waals surface area contributed by atoms with Crippen LogP contribution in [0.5, 0.6) is 0 Å². The summed E-state index contributed by atoms with van der Waals surface area (Å²) in [6.45, 7) is 2.63. The number of nitrogens with zero attached hydrogens (tertiary/aromatic N) is 1. The summed E-state index contributed by atoms with van der Waals surface area (Å²) in [6, 6.07) is 1.49. The van der Waals surface area contributed by atoms with Crippen molar-refractivity contribution in [3.63, 3.8) is 0 Å². The number of aliphatic hydroxyl groups excluding tert-OH is 1. The number of aromatic nitrogens is 1. The summed E-state index contributed by atoms with van der Waals surface area (Å²) in [4.78, 5) is 11.4. The van der Waals surface area contributed by atoms with Crippen LogP contribution in [0.3, 0.4) is 0 Å². The Hall–Kier alpha value is -1.40. The lowest BCUT2D eigenvalue weighted by molar-refractivity contribution is 0.00294. The van der Waals surface area contributed by atoms with Crippen LogP contribution in [0.2, 0.25) is 0 Å². The first kappa shape index (κ1) is 11.7. The Labute approximate surface area is 86.9 Å². The van der Waals surface area contributed by atoms with E-state index >= 15 is 0 Å². The maximum absolute atomic E-state index is 11.4. The smallest absolute Gasteiger partial charge is 0.290 e. The second kappa shape index (κ2) is 4.41. The number of hydrogen-bond acceptors (Lipinski definition) is 5. The van der Waals surface area contributed by atoms with Gasteiger partial charge in [-0.05, 0) is 13.8 Å². The number of amides is 1. The van der Waals surface area contributed by atoms with Gasteiger partial charge in [-0.3, -0.25) is 4.79 Å². The van der Waals surface area contributed by atoms with Crippen LogP contribution in [0, 0.1) is 6.92 Å². The van der Waals surface area contributed by atoms with Crippen molar-refractivity contribution in [2.75, 3.05) is 13.2 Å². The summed E-state index contributed by atoms with van der Waals surface area (Å²) in [6.07, 6.45) is 0. The molecular formula is C9H14N2O4. The number of aliphatic hydroxyl groups is 2. The van der Waals surface area contributed by atoms with Crippen LogP contribution in [0.4, 0.5) is 0 Å². The van der Waals surface area contributed by atoms with Gasteiger partial charge in [0.25, 0.3) is 5.91 Å². The molecule has 15 heavy (non-hydrogen) atoms. The van der Waals surface area contributed by atoms with E-state index in [0.717, 1.165) is 0 Å². The summed E-state index contributed by atoms with van der Waals surface area (Å²) in [5, 5.41) is 24.1. The topological polar surface area (TPSA) is 95.6 Å². The number of hydrogen-bond donors (Lipinski definition) is 3. The van der Waals surface area contributed by atoms with Gasteiger partial charge in [0.05, 0.1) is 12.3 Å². The van der Waals surface area contributed by atoms with E-state index < -0.39 is 18.1 Å². The highest BCUT2D eigenvalue weighted by Crippen LogP contribution is 2.03. The van der Waals surface area contributed by atoms with Gasteiger partial charge in [-0.1, -0.05) is 5.16 Å². The van der Waals surface area contributed by atoms with E-state index in [1.54, 1.807) is 6.92 Å². The van der Waals surface area contributed by atoms with Crippen LogP contribution in [0.1, 0.15) is 23.2 Å². The lowest BCUT2D eigenvalue weighted by Crippen LogP contribution is -2.43. The molecule has 6 nitrogen and oxygen atoms in total. The van der Waals surface area contributed by atoms with Gasteiger partial charge in [0, 0.05) is 12.6 Å². The van der Waals surface area contributed by atoms with E-state index in [1.807, 2.05) is 0 Å². The normalized spacial score (nSPS) is 14.7. The van der Waals surface area contributed by atoms with E-state index in [2.05, 4.69) is 10.5 Å². The molecule has 1 aromatic heterocycles. The fourth-order valence-electron chi connectivity index (χ4n) is 0.884. The Bertz CT molecular complexity index is 346. The SMILES string of the molecule is Cc1cc(C(=O)NCC(C)(O)CO)on1. The van der Waals surface area contributed by atoms with Crippen molar-refractivity contribution < 1.29 is 19.5 Å². The molecule has 0 saturated heterocycles. The summed E-state index contributed by atoms with van der Waals surface area (Å²) in [5.74, 6) is -0.384. The Kier molecular flexibility index (Phi) is 3.43. The largest absolute Gasteiger partial charge is 0.393 e. The Morgan fingerprint density at radius 1 is 1.73 bits per heavy atom. The fourth-order valence-corrected chi connectivity index (χ4v) is 0.884. The Balaban J connectivity index is 2.50. The maximum Gasteiger partial charge on any atom is 0.290 e. The van der Waals surface area contributed by atoms with E-state index in [0.29, 0.717) is 5.69 Å². The molecule has 0 aliphatic heterocycles. The van der Waals surface area contributed by atoms with Gasteiger partial charge in [0.1, 0.15) is 5.60 Å². The standard InChI is InChI=1S/C9H14N2O4/c1-6-3-7(15-11-6)8(13)10-4-9(2,14)5-12/h3,12,14H,4-5H2,1-2H3,(H,10,13). The van der Waals surface area contributed by atoms with Crippen LogP contribution in [0.25, 0.3) is 0 Å². The first-order valence-electron chi connectivity index (χ1n) is 4.49. The monoisotopic (exact) mass is 214 g/mol. The van der Waals surface area contributed by atoms with Crippen molar-refractivity contribution in [1.82, 2.24) is 10.5 Å². The molecule has 0 aliphatic rings. The number of rotatable bonds is 4. The number of aryl methyl sites for hydroxylation is 1. The highest BCUT2D eigenvalue weighted by Gasteiger charge is 2.21. The van der Waals surface area contributed by atoms with Gasteiger partial charge >= 0.3 is 0 Å². The molecule has 1 unspecified atom stereocenters. The summed E-state index contributed by atoms with van der Waals surface area (Å²) in [7, 11) is 0. The molecule has 0 spiro atoms. The van der Waals surface area contributed by atoms with Crippen LogP contribution < -0.4 is 5.32 Å². The van der Waals surface area contributed by atoms with E-state index in [1.165, 1.54) is 13.0 Å². The second-order valence-corrected chi connectivity index (χ2v) is 3.67. The van der Waals surface area contributed by atoms with Crippen molar-refractivity contribution >= 4 is 5.91 Å². The fraction of sp³-hybridized carbons (Fsp3) is 0.556. The molecule has 1 amide bonds. The maximum atomic E-state index is 11.4. The minimum Gasteiger partial charge on any atom is -0.393 e.